The van der Waals surface area contributed by atoms with E-state index in [1.54, 1.807) is 0 Å². The number of carbonyl (C=O) groups excluding carboxylic acids is 1. The minimum Gasteiger partial charge on any atom is -0.366 e. The van der Waals surface area contributed by atoms with Crippen molar-refractivity contribution in [2.75, 3.05) is 6.61 Å². The van der Waals surface area contributed by atoms with Crippen molar-refractivity contribution in [2.45, 2.75) is 12.7 Å². The summed E-state index contributed by atoms with van der Waals surface area (Å²) in [5.41, 5.74) is 6.94. The molecule has 0 aliphatic heterocycles. The normalized spacial score (nSPS) is 11.6. The Labute approximate surface area is 99.7 Å². The average molecular weight is 266 g/mol. The number of halogens is 4. The van der Waals surface area contributed by atoms with Crippen LogP contribution in [0.2, 0.25) is 0 Å². The quantitative estimate of drug-likeness (QED) is 0.482. The number of rotatable bonds is 5. The summed E-state index contributed by atoms with van der Waals surface area (Å²) in [4.78, 5) is 14.8. The molecule has 0 unspecified atom stereocenters. The molecule has 0 bridgehead atoms. The van der Waals surface area contributed by atoms with Gasteiger partial charge in [-0.3, -0.25) is 9.63 Å². The third-order valence-corrected chi connectivity index (χ3v) is 1.94. The molecule has 0 aliphatic carbocycles. The van der Waals surface area contributed by atoms with Crippen LogP contribution in [0.5, 0.6) is 0 Å². The first-order valence-corrected chi connectivity index (χ1v) is 4.79. The van der Waals surface area contributed by atoms with Crippen molar-refractivity contribution < 1.29 is 27.2 Å². The standard InChI is InChI=1S/C10H10F4N2O2/c11-8-3-6(9(15)17)1-2-7(8)4-16-18-5-10(12,13)14/h1-3,16H,4-5H2,(H2,15,17). The molecule has 1 aromatic rings. The molecule has 0 saturated carbocycles. The Morgan fingerprint density at radius 1 is 1.39 bits per heavy atom. The minimum absolute atomic E-state index is 0.0209. The fraction of sp³-hybridized carbons (Fsp3) is 0.300. The summed E-state index contributed by atoms with van der Waals surface area (Å²) in [6.45, 7) is -1.74. The largest absolute Gasteiger partial charge is 0.413 e. The topological polar surface area (TPSA) is 64.4 Å². The molecule has 4 nitrogen and oxygen atoms in total. The summed E-state index contributed by atoms with van der Waals surface area (Å²) in [5.74, 6) is -1.55. The molecular weight excluding hydrogens is 256 g/mol. The van der Waals surface area contributed by atoms with Crippen LogP contribution in [-0.2, 0) is 11.4 Å². The Bertz CT molecular complexity index is 434. The Kier molecular flexibility index (Phi) is 4.62. The summed E-state index contributed by atoms with van der Waals surface area (Å²) in [5, 5.41) is 0. The van der Waals surface area contributed by atoms with Crippen LogP contribution in [0, 0.1) is 5.82 Å². The first-order chi connectivity index (χ1) is 8.29. The maximum Gasteiger partial charge on any atom is 0.413 e. The van der Waals surface area contributed by atoms with E-state index in [9.17, 15) is 22.4 Å². The zero-order chi connectivity index (χ0) is 13.8. The van der Waals surface area contributed by atoms with E-state index in [0.29, 0.717) is 0 Å². The lowest BCUT2D eigenvalue weighted by molar-refractivity contribution is -0.190. The molecule has 0 radical (unpaired) electrons. The summed E-state index contributed by atoms with van der Waals surface area (Å²) in [7, 11) is 0. The van der Waals surface area contributed by atoms with Crippen molar-refractivity contribution in [3.8, 4) is 0 Å². The third kappa shape index (κ3) is 4.68. The highest BCUT2D eigenvalue weighted by Gasteiger charge is 2.27. The second-order valence-corrected chi connectivity index (χ2v) is 3.40. The number of hydrogen-bond donors (Lipinski definition) is 2. The molecule has 0 aliphatic rings. The van der Waals surface area contributed by atoms with Crippen LogP contribution in [0.3, 0.4) is 0 Å². The minimum atomic E-state index is -4.46. The number of hydroxylamine groups is 1. The molecule has 0 aromatic heterocycles. The molecule has 8 heteroatoms. The van der Waals surface area contributed by atoms with Crippen LogP contribution in [-0.4, -0.2) is 18.7 Å². The molecule has 0 atom stereocenters. The number of amides is 1. The second-order valence-electron chi connectivity index (χ2n) is 3.40. The van der Waals surface area contributed by atoms with Gasteiger partial charge >= 0.3 is 6.18 Å². The predicted octanol–water partition coefficient (Wildman–Crippen LogP) is 1.51. The molecule has 1 amide bonds. The van der Waals surface area contributed by atoms with E-state index in [1.807, 2.05) is 5.48 Å². The van der Waals surface area contributed by atoms with Crippen LogP contribution < -0.4 is 11.2 Å². The Morgan fingerprint density at radius 3 is 2.56 bits per heavy atom. The second kappa shape index (κ2) is 5.78. The van der Waals surface area contributed by atoms with Crippen molar-refractivity contribution in [2.24, 2.45) is 5.73 Å². The van der Waals surface area contributed by atoms with Crippen molar-refractivity contribution in [3.63, 3.8) is 0 Å². The van der Waals surface area contributed by atoms with Gasteiger partial charge in [-0.2, -0.15) is 18.7 Å². The Balaban J connectivity index is 2.51. The van der Waals surface area contributed by atoms with Crippen molar-refractivity contribution >= 4 is 5.91 Å². The molecule has 0 saturated heterocycles. The summed E-state index contributed by atoms with van der Waals surface area (Å²) in [6.07, 6.45) is -4.46. The molecular formula is C10H10F4N2O2. The smallest absolute Gasteiger partial charge is 0.366 e. The van der Waals surface area contributed by atoms with Crippen molar-refractivity contribution in [3.05, 3.63) is 35.1 Å². The van der Waals surface area contributed by atoms with E-state index in [1.165, 1.54) is 12.1 Å². The molecule has 1 aromatic carbocycles. The van der Waals surface area contributed by atoms with Gasteiger partial charge in [0.1, 0.15) is 5.82 Å². The number of nitrogens with one attached hydrogen (secondary N) is 1. The number of alkyl halides is 3. The van der Waals surface area contributed by atoms with Gasteiger partial charge in [-0.25, -0.2) is 4.39 Å². The number of carbonyl (C=O) groups is 1. The summed E-state index contributed by atoms with van der Waals surface area (Å²) in [6, 6.07) is 3.41. The average Bonchev–Trinajstić information content (AvgIpc) is 2.24. The van der Waals surface area contributed by atoms with E-state index in [-0.39, 0.29) is 17.7 Å². The Morgan fingerprint density at radius 2 is 2.06 bits per heavy atom. The number of nitrogens with two attached hydrogens (primary N) is 1. The first-order valence-electron chi connectivity index (χ1n) is 4.79. The third-order valence-electron chi connectivity index (χ3n) is 1.94. The van der Waals surface area contributed by atoms with E-state index in [4.69, 9.17) is 5.73 Å². The highest BCUT2D eigenvalue weighted by atomic mass is 19.4. The van der Waals surface area contributed by atoms with E-state index in [2.05, 4.69) is 4.84 Å². The van der Waals surface area contributed by atoms with Gasteiger partial charge in [0, 0.05) is 17.7 Å². The highest BCUT2D eigenvalue weighted by Crippen LogP contribution is 2.14. The molecule has 0 fully saturated rings. The van der Waals surface area contributed by atoms with Gasteiger partial charge in [0.05, 0.1) is 0 Å². The van der Waals surface area contributed by atoms with Crippen LogP contribution >= 0.6 is 0 Å². The SMILES string of the molecule is NC(=O)c1ccc(CNOCC(F)(F)F)c(F)c1. The Hall–Kier alpha value is -1.67. The fourth-order valence-electron chi connectivity index (χ4n) is 1.11. The maximum atomic E-state index is 13.3. The van der Waals surface area contributed by atoms with Gasteiger partial charge in [-0.15, -0.1) is 0 Å². The van der Waals surface area contributed by atoms with E-state index in [0.717, 1.165) is 6.07 Å². The lowest BCUT2D eigenvalue weighted by atomic mass is 10.1. The van der Waals surface area contributed by atoms with Gasteiger partial charge in [0.25, 0.3) is 0 Å². The molecule has 3 N–H and O–H groups in total. The fourth-order valence-corrected chi connectivity index (χ4v) is 1.11. The van der Waals surface area contributed by atoms with Crippen LogP contribution in [0.15, 0.2) is 18.2 Å². The molecule has 100 valence electrons. The molecule has 18 heavy (non-hydrogen) atoms. The lowest BCUT2D eigenvalue weighted by Gasteiger charge is -2.09. The molecule has 0 spiro atoms. The number of benzene rings is 1. The maximum absolute atomic E-state index is 13.3. The number of hydrogen-bond acceptors (Lipinski definition) is 3. The van der Waals surface area contributed by atoms with E-state index >= 15 is 0 Å². The van der Waals surface area contributed by atoms with Crippen LogP contribution in [0.1, 0.15) is 15.9 Å². The summed E-state index contributed by atoms with van der Waals surface area (Å²) >= 11 is 0. The lowest BCUT2D eigenvalue weighted by Crippen LogP contribution is -2.24. The zero-order valence-corrected chi connectivity index (χ0v) is 9.05. The first kappa shape index (κ1) is 14.4. The highest BCUT2D eigenvalue weighted by molar-refractivity contribution is 5.92. The van der Waals surface area contributed by atoms with Crippen LogP contribution in [0.4, 0.5) is 17.6 Å². The molecule has 0 heterocycles. The van der Waals surface area contributed by atoms with E-state index < -0.39 is 24.5 Å². The number of primary amides is 1. The van der Waals surface area contributed by atoms with Gasteiger partial charge in [0.15, 0.2) is 6.61 Å². The zero-order valence-electron chi connectivity index (χ0n) is 9.05. The monoisotopic (exact) mass is 266 g/mol. The van der Waals surface area contributed by atoms with Crippen molar-refractivity contribution in [1.82, 2.24) is 5.48 Å². The van der Waals surface area contributed by atoms with Crippen molar-refractivity contribution in [1.29, 1.82) is 0 Å². The van der Waals surface area contributed by atoms with Gasteiger partial charge in [-0.1, -0.05) is 6.07 Å². The predicted molar refractivity (Wildman–Crippen MR) is 53.8 cm³/mol. The van der Waals surface area contributed by atoms with Gasteiger partial charge in [0.2, 0.25) is 5.91 Å². The van der Waals surface area contributed by atoms with Gasteiger partial charge < -0.3 is 5.73 Å². The summed E-state index contributed by atoms with van der Waals surface area (Å²) < 4.78 is 48.5. The van der Waals surface area contributed by atoms with Gasteiger partial charge in [-0.05, 0) is 12.1 Å². The van der Waals surface area contributed by atoms with Crippen LogP contribution in [0.25, 0.3) is 0 Å². The molecule has 1 rings (SSSR count).